The zero-order chi connectivity index (χ0) is 18.4. The predicted molar refractivity (Wildman–Crippen MR) is 107 cm³/mol. The Balaban J connectivity index is 2.09. The van der Waals surface area contributed by atoms with E-state index in [0.717, 1.165) is 28.0 Å². The smallest absolute Gasteiger partial charge is 0.233 e. The summed E-state index contributed by atoms with van der Waals surface area (Å²) in [6.07, 6.45) is 1.92. The first-order valence-electron chi connectivity index (χ1n) is 8.62. The highest BCUT2D eigenvalue weighted by atomic mass is 32.2. The highest BCUT2D eigenvalue weighted by molar-refractivity contribution is 8.02. The predicted octanol–water partition coefficient (Wildman–Crippen LogP) is 4.41. The standard InChI is InChI=1S/C18H26N4OS2/c1-6-13-9-8-10-14(7-2)15(13)20-17-21-22-18(25-17)24-12(5)16(23)19-11(3)4/h8-12H,6-7H2,1-5H3,(H,19,23)(H,20,21). The average Bonchev–Trinajstić information content (AvgIpc) is 3.01. The largest absolute Gasteiger partial charge is 0.353 e. The second-order valence-electron chi connectivity index (χ2n) is 6.08. The van der Waals surface area contributed by atoms with Crippen LogP contribution in [0.25, 0.3) is 0 Å². The first-order chi connectivity index (χ1) is 11.9. The molecule has 25 heavy (non-hydrogen) atoms. The molecule has 1 heterocycles. The second-order valence-corrected chi connectivity index (χ2v) is 8.65. The molecule has 136 valence electrons. The number of thioether (sulfide) groups is 1. The third-order valence-electron chi connectivity index (χ3n) is 3.71. The monoisotopic (exact) mass is 378 g/mol. The first-order valence-corrected chi connectivity index (χ1v) is 10.3. The Labute approximate surface area is 158 Å². The van der Waals surface area contributed by atoms with Crippen LogP contribution in [0.3, 0.4) is 0 Å². The fraction of sp³-hybridized carbons (Fsp3) is 0.500. The Morgan fingerprint density at radius 1 is 1.16 bits per heavy atom. The molecule has 0 saturated carbocycles. The molecule has 0 aliphatic carbocycles. The summed E-state index contributed by atoms with van der Waals surface area (Å²) >= 11 is 2.92. The molecule has 0 aliphatic heterocycles. The van der Waals surface area contributed by atoms with Gasteiger partial charge in [-0.3, -0.25) is 4.79 Å². The Morgan fingerprint density at radius 3 is 2.36 bits per heavy atom. The van der Waals surface area contributed by atoms with Crippen LogP contribution in [0.5, 0.6) is 0 Å². The van der Waals surface area contributed by atoms with Crippen molar-refractivity contribution in [2.45, 2.75) is 63.1 Å². The number of nitrogens with one attached hydrogen (secondary N) is 2. The number of hydrogen-bond donors (Lipinski definition) is 2. The molecule has 0 saturated heterocycles. The lowest BCUT2D eigenvalue weighted by molar-refractivity contribution is -0.120. The maximum Gasteiger partial charge on any atom is 0.233 e. The van der Waals surface area contributed by atoms with Crippen LogP contribution in [-0.2, 0) is 17.6 Å². The molecule has 0 radical (unpaired) electrons. The SMILES string of the molecule is CCc1cccc(CC)c1Nc1nnc(SC(C)C(=O)NC(C)C)s1. The average molecular weight is 379 g/mol. The van der Waals surface area contributed by atoms with Crippen LogP contribution in [0.2, 0.25) is 0 Å². The molecule has 0 fully saturated rings. The van der Waals surface area contributed by atoms with E-state index < -0.39 is 0 Å². The van der Waals surface area contributed by atoms with Crippen molar-refractivity contribution in [2.75, 3.05) is 5.32 Å². The third kappa shape index (κ3) is 5.44. The molecule has 2 aromatic rings. The van der Waals surface area contributed by atoms with Crippen LogP contribution < -0.4 is 10.6 Å². The fourth-order valence-electron chi connectivity index (χ4n) is 2.42. The topological polar surface area (TPSA) is 66.9 Å². The van der Waals surface area contributed by atoms with Gasteiger partial charge in [0.1, 0.15) is 0 Å². The lowest BCUT2D eigenvalue weighted by Crippen LogP contribution is -2.35. The number of rotatable bonds is 8. The van der Waals surface area contributed by atoms with Gasteiger partial charge in [0.15, 0.2) is 4.34 Å². The van der Waals surface area contributed by atoms with Gasteiger partial charge in [-0.25, -0.2) is 0 Å². The van der Waals surface area contributed by atoms with E-state index in [0.29, 0.717) is 0 Å². The molecule has 2 rings (SSSR count). The molecule has 1 atom stereocenters. The summed E-state index contributed by atoms with van der Waals surface area (Å²) in [4.78, 5) is 12.0. The van der Waals surface area contributed by atoms with Gasteiger partial charge >= 0.3 is 0 Å². The number of carbonyl (C=O) groups excluding carboxylic acids is 1. The van der Waals surface area contributed by atoms with E-state index in [1.807, 2.05) is 20.8 Å². The normalized spacial score (nSPS) is 12.2. The summed E-state index contributed by atoms with van der Waals surface area (Å²) < 4.78 is 0.793. The lowest BCUT2D eigenvalue weighted by atomic mass is 10.0. The van der Waals surface area contributed by atoms with E-state index >= 15 is 0 Å². The van der Waals surface area contributed by atoms with E-state index in [4.69, 9.17) is 0 Å². The van der Waals surface area contributed by atoms with Crippen LogP contribution in [0.15, 0.2) is 22.5 Å². The minimum Gasteiger partial charge on any atom is -0.353 e. The van der Waals surface area contributed by atoms with Crippen molar-refractivity contribution >= 4 is 39.8 Å². The molecule has 1 aromatic heterocycles. The highest BCUT2D eigenvalue weighted by Crippen LogP contribution is 2.32. The molecule has 0 aliphatic rings. The van der Waals surface area contributed by atoms with Crippen molar-refractivity contribution in [1.82, 2.24) is 15.5 Å². The van der Waals surface area contributed by atoms with Crippen molar-refractivity contribution in [3.05, 3.63) is 29.3 Å². The molecule has 2 N–H and O–H groups in total. The van der Waals surface area contributed by atoms with Crippen LogP contribution in [0, 0.1) is 0 Å². The fourth-order valence-corrected chi connectivity index (χ4v) is 4.33. The van der Waals surface area contributed by atoms with Gasteiger partial charge in [-0.15, -0.1) is 10.2 Å². The van der Waals surface area contributed by atoms with Crippen LogP contribution >= 0.6 is 23.1 Å². The van der Waals surface area contributed by atoms with Gasteiger partial charge in [0.25, 0.3) is 0 Å². The maximum absolute atomic E-state index is 12.0. The Bertz CT molecular complexity index is 693. The van der Waals surface area contributed by atoms with Gasteiger partial charge in [-0.1, -0.05) is 55.1 Å². The molecule has 0 bridgehead atoms. The summed E-state index contributed by atoms with van der Waals surface area (Å²) in [5.74, 6) is 0.0225. The minimum atomic E-state index is -0.197. The van der Waals surface area contributed by atoms with Crippen molar-refractivity contribution in [1.29, 1.82) is 0 Å². The van der Waals surface area contributed by atoms with Gasteiger partial charge in [-0.05, 0) is 44.7 Å². The van der Waals surface area contributed by atoms with E-state index in [2.05, 4.69) is 52.9 Å². The van der Waals surface area contributed by atoms with Gasteiger partial charge in [0.05, 0.1) is 5.25 Å². The summed E-state index contributed by atoms with van der Waals surface area (Å²) in [7, 11) is 0. The third-order valence-corrected chi connectivity index (χ3v) is 5.74. The van der Waals surface area contributed by atoms with Crippen molar-refractivity contribution < 1.29 is 4.79 Å². The van der Waals surface area contributed by atoms with Gasteiger partial charge in [-0.2, -0.15) is 0 Å². The van der Waals surface area contributed by atoms with E-state index in [9.17, 15) is 4.79 Å². The summed E-state index contributed by atoms with van der Waals surface area (Å²) in [5.41, 5.74) is 3.67. The van der Waals surface area contributed by atoms with E-state index in [1.54, 1.807) is 0 Å². The number of benzene rings is 1. The van der Waals surface area contributed by atoms with Crippen molar-refractivity contribution in [3.63, 3.8) is 0 Å². The second kappa shape index (κ2) is 9.20. The molecule has 5 nitrogen and oxygen atoms in total. The number of nitrogens with zero attached hydrogens (tertiary/aromatic N) is 2. The zero-order valence-electron chi connectivity index (χ0n) is 15.4. The highest BCUT2D eigenvalue weighted by Gasteiger charge is 2.18. The molecule has 1 amide bonds. The number of aromatic nitrogens is 2. The number of para-hydroxylation sites is 1. The molecular weight excluding hydrogens is 352 g/mol. The number of anilines is 2. The Morgan fingerprint density at radius 2 is 1.80 bits per heavy atom. The molecule has 0 spiro atoms. The summed E-state index contributed by atoms with van der Waals surface area (Å²) in [5, 5.41) is 15.4. The summed E-state index contributed by atoms with van der Waals surface area (Å²) in [6, 6.07) is 6.51. The number of aryl methyl sites for hydroxylation is 2. The number of hydrogen-bond acceptors (Lipinski definition) is 6. The summed E-state index contributed by atoms with van der Waals surface area (Å²) in [6.45, 7) is 10.1. The zero-order valence-corrected chi connectivity index (χ0v) is 17.1. The van der Waals surface area contributed by atoms with Crippen molar-refractivity contribution in [3.8, 4) is 0 Å². The van der Waals surface area contributed by atoms with E-state index in [1.165, 1.54) is 34.2 Å². The van der Waals surface area contributed by atoms with Gasteiger partial charge < -0.3 is 10.6 Å². The molecule has 1 aromatic carbocycles. The van der Waals surface area contributed by atoms with Crippen LogP contribution in [0.4, 0.5) is 10.8 Å². The van der Waals surface area contributed by atoms with Crippen LogP contribution in [0.1, 0.15) is 45.7 Å². The van der Waals surface area contributed by atoms with Crippen LogP contribution in [-0.4, -0.2) is 27.4 Å². The molecule has 1 unspecified atom stereocenters. The van der Waals surface area contributed by atoms with Gasteiger partial charge in [0, 0.05) is 11.7 Å². The minimum absolute atomic E-state index is 0.0225. The maximum atomic E-state index is 12.0. The number of amides is 1. The Kier molecular flexibility index (Phi) is 7.25. The lowest BCUT2D eigenvalue weighted by Gasteiger charge is -2.13. The molecule has 7 heteroatoms. The number of carbonyl (C=O) groups is 1. The van der Waals surface area contributed by atoms with Gasteiger partial charge in [0.2, 0.25) is 11.0 Å². The van der Waals surface area contributed by atoms with E-state index in [-0.39, 0.29) is 17.2 Å². The first kappa shape index (κ1) is 19.7. The quantitative estimate of drug-likeness (QED) is 0.666. The molecular formula is C18H26N4OS2. The van der Waals surface area contributed by atoms with Crippen molar-refractivity contribution in [2.24, 2.45) is 0 Å². The Hall–Kier alpha value is -1.60.